The van der Waals surface area contributed by atoms with Crippen molar-refractivity contribution in [2.24, 2.45) is 0 Å². The van der Waals surface area contributed by atoms with E-state index in [2.05, 4.69) is 0 Å². The molecule has 1 heterocycles. The van der Waals surface area contributed by atoms with Gasteiger partial charge in [-0.1, -0.05) is 0 Å². The summed E-state index contributed by atoms with van der Waals surface area (Å²) in [6.45, 7) is 3.37. The van der Waals surface area contributed by atoms with Crippen molar-refractivity contribution in [2.75, 3.05) is 13.1 Å². The van der Waals surface area contributed by atoms with Crippen LogP contribution in [0.1, 0.15) is 26.2 Å². The van der Waals surface area contributed by atoms with Gasteiger partial charge >= 0.3 is 0 Å². The number of hydrogen-bond acceptors (Lipinski definition) is 2. The molecule has 0 spiro atoms. The van der Waals surface area contributed by atoms with Gasteiger partial charge in [0.25, 0.3) is 5.91 Å². The molecule has 0 bridgehead atoms. The molecule has 1 amide bonds. The molecule has 1 atom stereocenters. The van der Waals surface area contributed by atoms with Crippen LogP contribution in [0.2, 0.25) is 0 Å². The summed E-state index contributed by atoms with van der Waals surface area (Å²) in [5.41, 5.74) is 0. The van der Waals surface area contributed by atoms with Crippen molar-refractivity contribution in [3.8, 4) is 5.75 Å². The van der Waals surface area contributed by atoms with Gasteiger partial charge in [0.05, 0.1) is 0 Å². The van der Waals surface area contributed by atoms with Crippen LogP contribution in [0.4, 0.5) is 4.39 Å². The molecule has 1 aromatic carbocycles. The zero-order valence-electron chi connectivity index (χ0n) is 10.6. The van der Waals surface area contributed by atoms with E-state index in [9.17, 15) is 9.18 Å². The van der Waals surface area contributed by atoms with Crippen molar-refractivity contribution in [3.05, 3.63) is 30.1 Å². The number of rotatable bonds is 3. The Morgan fingerprint density at radius 1 is 1.22 bits per heavy atom. The lowest BCUT2D eigenvalue weighted by molar-refractivity contribution is -0.138. The predicted molar refractivity (Wildman–Crippen MR) is 66.9 cm³/mol. The van der Waals surface area contributed by atoms with Crippen LogP contribution in [0.25, 0.3) is 0 Å². The average molecular weight is 251 g/mol. The van der Waals surface area contributed by atoms with Crippen LogP contribution < -0.4 is 4.74 Å². The van der Waals surface area contributed by atoms with E-state index in [1.807, 2.05) is 4.90 Å². The second kappa shape index (κ2) is 5.85. The number of carbonyl (C=O) groups excluding carboxylic acids is 1. The first-order valence-electron chi connectivity index (χ1n) is 6.38. The van der Waals surface area contributed by atoms with Gasteiger partial charge < -0.3 is 9.64 Å². The molecule has 1 aliphatic rings. The smallest absolute Gasteiger partial charge is 0.263 e. The molecule has 0 unspecified atom stereocenters. The number of amides is 1. The van der Waals surface area contributed by atoms with Gasteiger partial charge in [-0.2, -0.15) is 0 Å². The first-order valence-corrected chi connectivity index (χ1v) is 6.38. The number of halogens is 1. The summed E-state index contributed by atoms with van der Waals surface area (Å²) >= 11 is 0. The highest BCUT2D eigenvalue weighted by Crippen LogP contribution is 2.16. The van der Waals surface area contributed by atoms with Crippen molar-refractivity contribution in [1.29, 1.82) is 0 Å². The topological polar surface area (TPSA) is 29.5 Å². The standard InChI is InChI=1S/C14H18FNO2/c1-11(14(17)16-9-3-2-4-10-16)18-13-7-5-12(15)6-8-13/h5-8,11H,2-4,9-10H2,1H3/t11-/m0/s1. The van der Waals surface area contributed by atoms with Gasteiger partial charge in [0, 0.05) is 13.1 Å². The van der Waals surface area contributed by atoms with E-state index in [0.717, 1.165) is 25.9 Å². The number of benzene rings is 1. The molecule has 0 radical (unpaired) electrons. The quantitative estimate of drug-likeness (QED) is 0.826. The van der Waals surface area contributed by atoms with Gasteiger partial charge in [0.2, 0.25) is 0 Å². The number of ether oxygens (including phenoxy) is 1. The lowest BCUT2D eigenvalue weighted by atomic mass is 10.1. The Balaban J connectivity index is 1.92. The van der Waals surface area contributed by atoms with Gasteiger partial charge in [-0.3, -0.25) is 4.79 Å². The van der Waals surface area contributed by atoms with Crippen molar-refractivity contribution in [3.63, 3.8) is 0 Å². The minimum Gasteiger partial charge on any atom is -0.481 e. The Morgan fingerprint density at radius 3 is 2.44 bits per heavy atom. The molecule has 0 aliphatic carbocycles. The highest BCUT2D eigenvalue weighted by Gasteiger charge is 2.23. The summed E-state index contributed by atoms with van der Waals surface area (Å²) < 4.78 is 18.3. The van der Waals surface area contributed by atoms with Crippen LogP contribution in [0, 0.1) is 5.82 Å². The van der Waals surface area contributed by atoms with Crippen LogP contribution in [-0.4, -0.2) is 30.0 Å². The maximum absolute atomic E-state index is 12.7. The molecule has 18 heavy (non-hydrogen) atoms. The fourth-order valence-electron chi connectivity index (χ4n) is 2.14. The molecule has 0 aromatic heterocycles. The summed E-state index contributed by atoms with van der Waals surface area (Å²) in [7, 11) is 0. The van der Waals surface area contributed by atoms with Crippen molar-refractivity contribution >= 4 is 5.91 Å². The van der Waals surface area contributed by atoms with E-state index in [1.54, 1.807) is 6.92 Å². The first kappa shape index (κ1) is 12.9. The van der Waals surface area contributed by atoms with E-state index >= 15 is 0 Å². The molecule has 2 rings (SSSR count). The molecular weight excluding hydrogens is 233 g/mol. The fourth-order valence-corrected chi connectivity index (χ4v) is 2.14. The van der Waals surface area contributed by atoms with Crippen molar-refractivity contribution < 1.29 is 13.9 Å². The molecule has 0 N–H and O–H groups in total. The van der Waals surface area contributed by atoms with Gasteiger partial charge in [0.15, 0.2) is 6.10 Å². The Morgan fingerprint density at radius 2 is 1.83 bits per heavy atom. The molecular formula is C14H18FNO2. The second-order valence-corrected chi connectivity index (χ2v) is 4.60. The van der Waals surface area contributed by atoms with E-state index < -0.39 is 6.10 Å². The Kier molecular flexibility index (Phi) is 4.18. The van der Waals surface area contributed by atoms with Crippen LogP contribution in [-0.2, 0) is 4.79 Å². The second-order valence-electron chi connectivity index (χ2n) is 4.60. The maximum Gasteiger partial charge on any atom is 0.263 e. The van der Waals surface area contributed by atoms with Crippen LogP contribution in [0.15, 0.2) is 24.3 Å². The fraction of sp³-hybridized carbons (Fsp3) is 0.500. The molecule has 0 saturated carbocycles. The third-order valence-corrected chi connectivity index (χ3v) is 3.14. The van der Waals surface area contributed by atoms with E-state index in [-0.39, 0.29) is 11.7 Å². The van der Waals surface area contributed by atoms with E-state index in [0.29, 0.717) is 5.75 Å². The Hall–Kier alpha value is -1.58. The molecule has 1 fully saturated rings. The molecule has 3 nitrogen and oxygen atoms in total. The zero-order valence-corrected chi connectivity index (χ0v) is 10.6. The molecule has 98 valence electrons. The SMILES string of the molecule is C[C@H](Oc1ccc(F)cc1)C(=O)N1CCCCC1. The summed E-state index contributed by atoms with van der Waals surface area (Å²) in [4.78, 5) is 13.9. The van der Waals surface area contributed by atoms with Gasteiger partial charge in [-0.15, -0.1) is 0 Å². The molecule has 4 heteroatoms. The zero-order chi connectivity index (χ0) is 13.0. The summed E-state index contributed by atoms with van der Waals surface area (Å²) in [5, 5.41) is 0. The monoisotopic (exact) mass is 251 g/mol. The number of likely N-dealkylation sites (tertiary alicyclic amines) is 1. The van der Waals surface area contributed by atoms with Gasteiger partial charge in [-0.25, -0.2) is 4.39 Å². The largest absolute Gasteiger partial charge is 0.481 e. The van der Waals surface area contributed by atoms with Crippen molar-refractivity contribution in [1.82, 2.24) is 4.90 Å². The van der Waals surface area contributed by atoms with Crippen LogP contribution >= 0.6 is 0 Å². The van der Waals surface area contributed by atoms with E-state index in [4.69, 9.17) is 4.74 Å². The summed E-state index contributed by atoms with van der Waals surface area (Å²) in [5.74, 6) is 0.227. The Bertz CT molecular complexity index is 399. The number of carbonyl (C=O) groups is 1. The highest BCUT2D eigenvalue weighted by molar-refractivity contribution is 5.81. The van der Waals surface area contributed by atoms with E-state index in [1.165, 1.54) is 30.7 Å². The molecule has 1 saturated heterocycles. The minimum atomic E-state index is -0.520. The number of nitrogens with zero attached hydrogens (tertiary/aromatic N) is 1. The molecule has 1 aliphatic heterocycles. The third-order valence-electron chi connectivity index (χ3n) is 3.14. The number of piperidine rings is 1. The Labute approximate surface area is 107 Å². The van der Waals surface area contributed by atoms with Crippen LogP contribution in [0.3, 0.4) is 0 Å². The maximum atomic E-state index is 12.7. The minimum absolute atomic E-state index is 0.0130. The normalized spacial score (nSPS) is 17.3. The molecule has 1 aromatic rings. The lowest BCUT2D eigenvalue weighted by Crippen LogP contribution is -2.43. The third kappa shape index (κ3) is 3.22. The number of hydrogen-bond donors (Lipinski definition) is 0. The lowest BCUT2D eigenvalue weighted by Gasteiger charge is -2.29. The van der Waals surface area contributed by atoms with Crippen molar-refractivity contribution in [2.45, 2.75) is 32.3 Å². The first-order chi connectivity index (χ1) is 8.66. The summed E-state index contributed by atoms with van der Waals surface area (Å²) in [6.07, 6.45) is 2.80. The van der Waals surface area contributed by atoms with Gasteiger partial charge in [0.1, 0.15) is 11.6 Å². The van der Waals surface area contributed by atoms with Crippen LogP contribution in [0.5, 0.6) is 5.75 Å². The average Bonchev–Trinajstić information content (AvgIpc) is 2.41. The van der Waals surface area contributed by atoms with Gasteiger partial charge in [-0.05, 0) is 50.5 Å². The summed E-state index contributed by atoms with van der Waals surface area (Å²) in [6, 6.07) is 5.73. The highest BCUT2D eigenvalue weighted by atomic mass is 19.1. The predicted octanol–water partition coefficient (Wildman–Crippen LogP) is 2.61.